The highest BCUT2D eigenvalue weighted by Gasteiger charge is 2.13. The highest BCUT2D eigenvalue weighted by Crippen LogP contribution is 2.17. The number of guanidine groups is 1. The van der Waals surface area contributed by atoms with E-state index in [4.69, 9.17) is 14.2 Å². The van der Waals surface area contributed by atoms with Gasteiger partial charge >= 0.3 is 0 Å². The van der Waals surface area contributed by atoms with Gasteiger partial charge in [0.25, 0.3) is 0 Å². The zero-order valence-corrected chi connectivity index (χ0v) is 19.7. The Morgan fingerprint density at radius 2 is 2.00 bits per heavy atom. The Morgan fingerprint density at radius 1 is 1.25 bits per heavy atom. The molecule has 1 heterocycles. The molecular weight excluding hydrogens is 469 g/mol. The number of rotatable bonds is 10. The molecule has 1 aromatic carbocycles. The van der Waals surface area contributed by atoms with Crippen LogP contribution in [-0.2, 0) is 9.47 Å². The number of nitrogens with one attached hydrogen (secondary N) is 2. The molecule has 0 radical (unpaired) electrons. The Kier molecular flexibility index (Phi) is 13.3. The van der Waals surface area contributed by atoms with E-state index in [0.29, 0.717) is 12.5 Å². The van der Waals surface area contributed by atoms with Crippen LogP contribution >= 0.6 is 24.0 Å². The van der Waals surface area contributed by atoms with Gasteiger partial charge in [0.1, 0.15) is 11.9 Å². The number of benzene rings is 1. The highest BCUT2D eigenvalue weighted by atomic mass is 127. The SMILES string of the molecule is CN=C(NCCCOCC1CCOCC1)NCC(C)Oc1ccccc1C.I. The van der Waals surface area contributed by atoms with E-state index >= 15 is 0 Å². The monoisotopic (exact) mass is 505 g/mol. The van der Waals surface area contributed by atoms with E-state index in [-0.39, 0.29) is 30.1 Å². The largest absolute Gasteiger partial charge is 0.489 e. The van der Waals surface area contributed by atoms with Crippen LogP contribution in [0, 0.1) is 12.8 Å². The van der Waals surface area contributed by atoms with Crippen molar-refractivity contribution in [1.29, 1.82) is 0 Å². The lowest BCUT2D eigenvalue weighted by molar-refractivity contribution is 0.0203. The van der Waals surface area contributed by atoms with Gasteiger partial charge in [-0.15, -0.1) is 24.0 Å². The minimum Gasteiger partial charge on any atom is -0.489 e. The summed E-state index contributed by atoms with van der Waals surface area (Å²) in [5.74, 6) is 2.38. The molecule has 0 saturated carbocycles. The summed E-state index contributed by atoms with van der Waals surface area (Å²) >= 11 is 0. The van der Waals surface area contributed by atoms with Crippen molar-refractivity contribution in [2.24, 2.45) is 10.9 Å². The molecule has 1 aromatic rings. The van der Waals surface area contributed by atoms with Gasteiger partial charge in [0, 0.05) is 40.0 Å². The van der Waals surface area contributed by atoms with Gasteiger partial charge in [0.15, 0.2) is 5.96 Å². The fourth-order valence-corrected chi connectivity index (χ4v) is 2.95. The van der Waals surface area contributed by atoms with Crippen molar-refractivity contribution in [3.05, 3.63) is 29.8 Å². The summed E-state index contributed by atoms with van der Waals surface area (Å²) in [6, 6.07) is 8.07. The van der Waals surface area contributed by atoms with E-state index in [9.17, 15) is 0 Å². The molecule has 6 nitrogen and oxygen atoms in total. The number of para-hydroxylation sites is 1. The first kappa shape index (κ1) is 25.0. The van der Waals surface area contributed by atoms with Crippen LogP contribution in [0.25, 0.3) is 0 Å². The average Bonchev–Trinajstić information content (AvgIpc) is 2.69. The summed E-state index contributed by atoms with van der Waals surface area (Å²) in [6.07, 6.45) is 3.25. The molecule has 0 bridgehead atoms. The van der Waals surface area contributed by atoms with E-state index in [2.05, 4.69) is 35.5 Å². The van der Waals surface area contributed by atoms with Crippen molar-refractivity contribution in [1.82, 2.24) is 10.6 Å². The van der Waals surface area contributed by atoms with Crippen molar-refractivity contribution in [3.8, 4) is 5.75 Å². The van der Waals surface area contributed by atoms with Crippen LogP contribution in [0.1, 0.15) is 31.7 Å². The van der Waals surface area contributed by atoms with E-state index < -0.39 is 0 Å². The highest BCUT2D eigenvalue weighted by molar-refractivity contribution is 14.0. The molecule has 1 aliphatic heterocycles. The summed E-state index contributed by atoms with van der Waals surface area (Å²) in [5.41, 5.74) is 1.15. The second-order valence-corrected chi connectivity index (χ2v) is 7.06. The minimum absolute atomic E-state index is 0. The summed E-state index contributed by atoms with van der Waals surface area (Å²) in [7, 11) is 1.78. The lowest BCUT2D eigenvalue weighted by atomic mass is 10.0. The number of aliphatic imine (C=N–C) groups is 1. The molecular formula is C21H36IN3O3. The number of hydrogen-bond acceptors (Lipinski definition) is 4. The molecule has 1 fully saturated rings. The molecule has 1 unspecified atom stereocenters. The first-order chi connectivity index (χ1) is 13.2. The van der Waals surface area contributed by atoms with Gasteiger partial charge in [-0.05, 0) is 50.7 Å². The standard InChI is InChI=1S/C21H35N3O3.HI/c1-17-7-4-5-8-20(17)27-18(2)15-24-21(22-3)23-11-6-12-26-16-19-9-13-25-14-10-19;/h4-5,7-8,18-19H,6,9-16H2,1-3H3,(H2,22,23,24);1H. The Morgan fingerprint density at radius 3 is 2.71 bits per heavy atom. The van der Waals surface area contributed by atoms with Gasteiger partial charge in [0.05, 0.1) is 6.54 Å². The summed E-state index contributed by atoms with van der Waals surface area (Å²) in [5, 5.41) is 6.63. The Balaban J connectivity index is 0.00000392. The van der Waals surface area contributed by atoms with Crippen LogP contribution in [0.3, 0.4) is 0 Å². The second kappa shape index (κ2) is 14.9. The predicted octanol–water partition coefficient (Wildman–Crippen LogP) is 3.38. The number of halogens is 1. The normalized spacial score (nSPS) is 16.2. The van der Waals surface area contributed by atoms with Gasteiger partial charge in [-0.2, -0.15) is 0 Å². The zero-order valence-electron chi connectivity index (χ0n) is 17.4. The second-order valence-electron chi connectivity index (χ2n) is 7.06. The molecule has 1 aliphatic rings. The lowest BCUT2D eigenvalue weighted by Crippen LogP contribution is -2.42. The van der Waals surface area contributed by atoms with E-state index in [1.807, 2.05) is 18.2 Å². The fourth-order valence-electron chi connectivity index (χ4n) is 2.95. The van der Waals surface area contributed by atoms with Crippen molar-refractivity contribution < 1.29 is 14.2 Å². The van der Waals surface area contributed by atoms with Crippen molar-refractivity contribution in [2.75, 3.05) is 46.6 Å². The van der Waals surface area contributed by atoms with Gasteiger partial charge in [-0.1, -0.05) is 18.2 Å². The van der Waals surface area contributed by atoms with E-state index in [1.165, 1.54) is 0 Å². The van der Waals surface area contributed by atoms with Crippen molar-refractivity contribution in [3.63, 3.8) is 0 Å². The Bertz CT molecular complexity index is 566. The third-order valence-electron chi connectivity index (χ3n) is 4.65. The molecule has 1 atom stereocenters. The number of nitrogens with zero attached hydrogens (tertiary/aromatic N) is 1. The molecule has 2 rings (SSSR count). The minimum atomic E-state index is 0. The van der Waals surface area contributed by atoms with E-state index in [1.54, 1.807) is 7.05 Å². The molecule has 0 aliphatic carbocycles. The molecule has 2 N–H and O–H groups in total. The maximum Gasteiger partial charge on any atom is 0.191 e. The summed E-state index contributed by atoms with van der Waals surface area (Å²) < 4.78 is 17.1. The maximum atomic E-state index is 5.98. The first-order valence-electron chi connectivity index (χ1n) is 10.0. The molecule has 28 heavy (non-hydrogen) atoms. The van der Waals surface area contributed by atoms with Crippen LogP contribution in [-0.4, -0.2) is 58.6 Å². The fraction of sp³-hybridized carbons (Fsp3) is 0.667. The Hall–Kier alpha value is -1.06. The van der Waals surface area contributed by atoms with Crippen LogP contribution in [0.4, 0.5) is 0 Å². The molecule has 7 heteroatoms. The smallest absolute Gasteiger partial charge is 0.191 e. The molecule has 0 spiro atoms. The number of aryl methyl sites for hydroxylation is 1. The molecule has 0 aromatic heterocycles. The van der Waals surface area contributed by atoms with Gasteiger partial charge in [-0.3, -0.25) is 4.99 Å². The Labute approximate surface area is 186 Å². The lowest BCUT2D eigenvalue weighted by Gasteiger charge is -2.21. The van der Waals surface area contributed by atoms with Gasteiger partial charge in [0.2, 0.25) is 0 Å². The zero-order chi connectivity index (χ0) is 19.3. The van der Waals surface area contributed by atoms with Crippen molar-refractivity contribution >= 4 is 29.9 Å². The quantitative estimate of drug-likeness (QED) is 0.221. The molecule has 0 amide bonds. The van der Waals surface area contributed by atoms with Crippen molar-refractivity contribution in [2.45, 2.75) is 39.2 Å². The topological polar surface area (TPSA) is 64.1 Å². The van der Waals surface area contributed by atoms with Crippen LogP contribution in [0.2, 0.25) is 0 Å². The van der Waals surface area contributed by atoms with Gasteiger partial charge < -0.3 is 24.8 Å². The predicted molar refractivity (Wildman–Crippen MR) is 125 cm³/mol. The number of ether oxygens (including phenoxy) is 3. The van der Waals surface area contributed by atoms with Crippen LogP contribution in [0.5, 0.6) is 5.75 Å². The van der Waals surface area contributed by atoms with Crippen LogP contribution < -0.4 is 15.4 Å². The summed E-state index contributed by atoms with van der Waals surface area (Å²) in [4.78, 5) is 4.26. The average molecular weight is 505 g/mol. The third-order valence-corrected chi connectivity index (χ3v) is 4.65. The van der Waals surface area contributed by atoms with Gasteiger partial charge in [-0.25, -0.2) is 0 Å². The van der Waals surface area contributed by atoms with Crippen LogP contribution in [0.15, 0.2) is 29.3 Å². The number of hydrogen-bond donors (Lipinski definition) is 2. The first-order valence-corrected chi connectivity index (χ1v) is 10.0. The maximum absolute atomic E-state index is 5.98. The summed E-state index contributed by atoms with van der Waals surface area (Å²) in [6.45, 7) is 9.01. The van der Waals surface area contributed by atoms with E-state index in [0.717, 1.165) is 69.5 Å². The molecule has 160 valence electrons. The third kappa shape index (κ3) is 9.93. The molecule has 1 saturated heterocycles.